The first-order valence-electron chi connectivity index (χ1n) is 9.28. The second-order valence-electron chi connectivity index (χ2n) is 6.52. The summed E-state index contributed by atoms with van der Waals surface area (Å²) in [5, 5.41) is 2.89. The third-order valence-corrected chi connectivity index (χ3v) is 4.69. The summed E-state index contributed by atoms with van der Waals surface area (Å²) in [6.07, 6.45) is 4.97. The van der Waals surface area contributed by atoms with Crippen LogP contribution >= 0.6 is 0 Å². The highest BCUT2D eigenvalue weighted by Gasteiger charge is 2.26. The van der Waals surface area contributed by atoms with Gasteiger partial charge in [-0.2, -0.15) is 0 Å². The maximum Gasteiger partial charge on any atom is 0.245 e. The molecule has 0 saturated carbocycles. The van der Waals surface area contributed by atoms with Gasteiger partial charge in [-0.25, -0.2) is 15.0 Å². The van der Waals surface area contributed by atoms with Crippen LogP contribution in [0.4, 0.5) is 5.95 Å². The number of nitrogens with zero attached hydrogens (tertiary/aromatic N) is 5. The van der Waals surface area contributed by atoms with E-state index in [2.05, 4.69) is 26.8 Å². The highest BCUT2D eigenvalue weighted by molar-refractivity contribution is 5.84. The van der Waals surface area contributed by atoms with Crippen LogP contribution in [-0.2, 0) is 17.8 Å². The molecule has 27 heavy (non-hydrogen) atoms. The average Bonchev–Trinajstić information content (AvgIpc) is 3.07. The number of para-hydroxylation sites is 2. The lowest BCUT2D eigenvalue weighted by atomic mass is 10.1. The van der Waals surface area contributed by atoms with Gasteiger partial charge in [0.15, 0.2) is 0 Å². The van der Waals surface area contributed by atoms with E-state index in [1.807, 2.05) is 38.2 Å². The molecule has 7 nitrogen and oxygen atoms in total. The number of likely N-dealkylation sites (N-methyl/N-ethyl adjacent to an activating group) is 1. The lowest BCUT2D eigenvalue weighted by Gasteiger charge is -2.25. The SMILES string of the molecule is CCc1nc2ccccc2n1C(CC)C(=O)N(C)Cc1cnc(NC)nc1. The van der Waals surface area contributed by atoms with Crippen molar-refractivity contribution in [2.45, 2.75) is 39.3 Å². The van der Waals surface area contributed by atoms with Gasteiger partial charge in [-0.05, 0) is 18.6 Å². The van der Waals surface area contributed by atoms with E-state index < -0.39 is 0 Å². The van der Waals surface area contributed by atoms with Gasteiger partial charge in [-0.15, -0.1) is 0 Å². The first kappa shape index (κ1) is 18.8. The molecule has 1 atom stereocenters. The summed E-state index contributed by atoms with van der Waals surface area (Å²) in [7, 11) is 3.60. The molecule has 0 fully saturated rings. The van der Waals surface area contributed by atoms with Gasteiger partial charge in [0.1, 0.15) is 11.9 Å². The molecule has 0 saturated heterocycles. The number of aryl methyl sites for hydroxylation is 1. The van der Waals surface area contributed by atoms with Crippen LogP contribution in [0, 0.1) is 0 Å². The maximum absolute atomic E-state index is 13.2. The second kappa shape index (κ2) is 8.16. The average molecular weight is 366 g/mol. The molecule has 1 N–H and O–H groups in total. The summed E-state index contributed by atoms with van der Waals surface area (Å²) < 4.78 is 2.09. The molecule has 2 heterocycles. The molecular weight excluding hydrogens is 340 g/mol. The van der Waals surface area contributed by atoms with Crippen molar-refractivity contribution in [2.24, 2.45) is 0 Å². The van der Waals surface area contributed by atoms with Crippen molar-refractivity contribution in [3.8, 4) is 0 Å². The van der Waals surface area contributed by atoms with Crippen molar-refractivity contribution < 1.29 is 4.79 Å². The Morgan fingerprint density at radius 2 is 1.93 bits per heavy atom. The smallest absolute Gasteiger partial charge is 0.245 e. The molecule has 0 bridgehead atoms. The van der Waals surface area contributed by atoms with E-state index in [-0.39, 0.29) is 11.9 Å². The number of carbonyl (C=O) groups is 1. The minimum absolute atomic E-state index is 0.0630. The molecule has 0 spiro atoms. The number of benzene rings is 1. The van der Waals surface area contributed by atoms with Crippen molar-refractivity contribution >= 4 is 22.9 Å². The van der Waals surface area contributed by atoms with Gasteiger partial charge in [0.2, 0.25) is 11.9 Å². The number of hydrogen-bond acceptors (Lipinski definition) is 5. The number of hydrogen-bond donors (Lipinski definition) is 1. The molecule has 0 aliphatic heterocycles. The summed E-state index contributed by atoms with van der Waals surface area (Å²) in [5.41, 5.74) is 2.83. The van der Waals surface area contributed by atoms with E-state index in [1.165, 1.54) is 0 Å². The lowest BCUT2D eigenvalue weighted by Crippen LogP contribution is -2.34. The number of amides is 1. The van der Waals surface area contributed by atoms with Crippen molar-refractivity contribution in [3.05, 3.63) is 48.0 Å². The van der Waals surface area contributed by atoms with Crippen LogP contribution in [0.3, 0.4) is 0 Å². The Balaban J connectivity index is 1.87. The van der Waals surface area contributed by atoms with Gasteiger partial charge in [0.25, 0.3) is 0 Å². The number of imidazole rings is 1. The van der Waals surface area contributed by atoms with Crippen LogP contribution in [0.5, 0.6) is 0 Å². The quantitative estimate of drug-likeness (QED) is 0.695. The summed E-state index contributed by atoms with van der Waals surface area (Å²) in [4.78, 5) is 28.1. The zero-order valence-electron chi connectivity index (χ0n) is 16.3. The van der Waals surface area contributed by atoms with Crippen molar-refractivity contribution in [2.75, 3.05) is 19.4 Å². The lowest BCUT2D eigenvalue weighted by molar-refractivity contribution is -0.134. The minimum Gasteiger partial charge on any atom is -0.357 e. The summed E-state index contributed by atoms with van der Waals surface area (Å²) >= 11 is 0. The van der Waals surface area contributed by atoms with Crippen LogP contribution < -0.4 is 5.32 Å². The van der Waals surface area contributed by atoms with Crippen molar-refractivity contribution in [3.63, 3.8) is 0 Å². The fourth-order valence-electron chi connectivity index (χ4n) is 3.33. The van der Waals surface area contributed by atoms with Gasteiger partial charge in [-0.3, -0.25) is 4.79 Å². The summed E-state index contributed by atoms with van der Waals surface area (Å²) in [6.45, 7) is 4.57. The molecule has 0 aliphatic carbocycles. The van der Waals surface area contributed by atoms with Gasteiger partial charge < -0.3 is 14.8 Å². The molecule has 1 amide bonds. The Hall–Kier alpha value is -2.96. The van der Waals surface area contributed by atoms with E-state index in [4.69, 9.17) is 4.98 Å². The van der Waals surface area contributed by atoms with Gasteiger partial charge in [-0.1, -0.05) is 26.0 Å². The molecule has 3 rings (SSSR count). The van der Waals surface area contributed by atoms with E-state index >= 15 is 0 Å². The predicted octanol–water partition coefficient (Wildman–Crippen LogP) is 3.04. The normalized spacial score (nSPS) is 12.1. The molecule has 142 valence electrons. The van der Waals surface area contributed by atoms with Crippen LogP contribution in [0.25, 0.3) is 11.0 Å². The number of fused-ring (bicyclic) bond motifs is 1. The fraction of sp³-hybridized carbons (Fsp3) is 0.400. The Morgan fingerprint density at radius 1 is 1.22 bits per heavy atom. The standard InChI is InChI=1S/C20H26N6O/c1-5-16(26-17-10-8-7-9-15(17)24-18(26)6-2)19(27)25(4)13-14-11-22-20(21-3)23-12-14/h7-12,16H,5-6,13H2,1-4H3,(H,21,22,23). The van der Waals surface area contributed by atoms with Crippen LogP contribution in [-0.4, -0.2) is 44.4 Å². The monoisotopic (exact) mass is 366 g/mol. The summed E-state index contributed by atoms with van der Waals surface area (Å²) in [6, 6.07) is 7.70. The van der Waals surface area contributed by atoms with Crippen LogP contribution in [0.2, 0.25) is 0 Å². The number of rotatable bonds is 7. The fourth-order valence-corrected chi connectivity index (χ4v) is 3.33. The molecule has 1 aromatic carbocycles. The maximum atomic E-state index is 13.2. The zero-order valence-corrected chi connectivity index (χ0v) is 16.3. The van der Waals surface area contributed by atoms with E-state index in [0.717, 1.165) is 28.8 Å². The molecule has 2 aromatic heterocycles. The molecule has 0 radical (unpaired) electrons. The first-order valence-corrected chi connectivity index (χ1v) is 9.28. The number of carbonyl (C=O) groups excluding carboxylic acids is 1. The van der Waals surface area contributed by atoms with Gasteiger partial charge >= 0.3 is 0 Å². The predicted molar refractivity (Wildman–Crippen MR) is 106 cm³/mol. The molecule has 3 aromatic rings. The highest BCUT2D eigenvalue weighted by Crippen LogP contribution is 2.25. The second-order valence-corrected chi connectivity index (χ2v) is 6.52. The summed E-state index contributed by atoms with van der Waals surface area (Å²) in [5.74, 6) is 1.57. The molecular formula is C20H26N6O. The van der Waals surface area contributed by atoms with Gasteiger partial charge in [0.05, 0.1) is 11.0 Å². The Kier molecular flexibility index (Phi) is 5.69. The molecule has 1 unspecified atom stereocenters. The Labute approximate surface area is 159 Å². The number of anilines is 1. The number of nitrogens with one attached hydrogen (secondary N) is 1. The molecule has 7 heteroatoms. The minimum atomic E-state index is -0.283. The van der Waals surface area contributed by atoms with Gasteiger partial charge in [0, 0.05) is 45.0 Å². The third kappa shape index (κ3) is 3.77. The van der Waals surface area contributed by atoms with Crippen LogP contribution in [0.15, 0.2) is 36.7 Å². The first-order chi connectivity index (χ1) is 13.1. The van der Waals surface area contributed by atoms with Crippen molar-refractivity contribution in [1.82, 2.24) is 24.4 Å². The largest absolute Gasteiger partial charge is 0.357 e. The van der Waals surface area contributed by atoms with E-state index in [9.17, 15) is 4.79 Å². The Bertz CT molecular complexity index is 918. The molecule has 0 aliphatic rings. The third-order valence-electron chi connectivity index (χ3n) is 4.69. The van der Waals surface area contributed by atoms with Crippen LogP contribution in [0.1, 0.15) is 37.7 Å². The highest BCUT2D eigenvalue weighted by atomic mass is 16.2. The van der Waals surface area contributed by atoms with Crippen molar-refractivity contribution in [1.29, 1.82) is 0 Å². The van der Waals surface area contributed by atoms with E-state index in [1.54, 1.807) is 24.3 Å². The Morgan fingerprint density at radius 3 is 2.56 bits per heavy atom. The zero-order chi connectivity index (χ0) is 19.4. The van der Waals surface area contributed by atoms with E-state index in [0.29, 0.717) is 18.9 Å². The number of aromatic nitrogens is 4. The topological polar surface area (TPSA) is 75.9 Å².